The molecular formula is C10H12BrNO2. The van der Waals surface area contributed by atoms with Crippen molar-refractivity contribution >= 4 is 21.8 Å². The van der Waals surface area contributed by atoms with Gasteiger partial charge in [-0.2, -0.15) is 0 Å². The molecule has 0 aliphatic carbocycles. The molecule has 1 aromatic rings. The molecule has 4 heteroatoms. The van der Waals surface area contributed by atoms with Gasteiger partial charge in [0.15, 0.2) is 0 Å². The normalized spacial score (nSPS) is 9.86. The maximum Gasteiger partial charge on any atom is 0.257 e. The summed E-state index contributed by atoms with van der Waals surface area (Å²) in [6.07, 6.45) is 0. The molecule has 0 spiro atoms. The minimum Gasteiger partial charge on any atom is -0.507 e. The highest BCUT2D eigenvalue weighted by molar-refractivity contribution is 9.09. The smallest absolute Gasteiger partial charge is 0.257 e. The van der Waals surface area contributed by atoms with Gasteiger partial charge < -0.3 is 10.0 Å². The monoisotopic (exact) mass is 257 g/mol. The summed E-state index contributed by atoms with van der Waals surface area (Å²) >= 11 is 3.25. The van der Waals surface area contributed by atoms with E-state index < -0.39 is 0 Å². The number of hydrogen-bond acceptors (Lipinski definition) is 2. The number of carbonyl (C=O) groups is 1. The van der Waals surface area contributed by atoms with Gasteiger partial charge in [0.05, 0.1) is 5.56 Å². The second-order valence-electron chi connectivity index (χ2n) is 2.93. The van der Waals surface area contributed by atoms with Gasteiger partial charge in [-0.1, -0.05) is 28.1 Å². The highest BCUT2D eigenvalue weighted by Crippen LogP contribution is 2.17. The molecule has 0 aliphatic rings. The van der Waals surface area contributed by atoms with Gasteiger partial charge in [-0.05, 0) is 12.1 Å². The van der Waals surface area contributed by atoms with Gasteiger partial charge in [0.2, 0.25) is 0 Å². The molecule has 1 amide bonds. The number of hydrogen-bond donors (Lipinski definition) is 1. The second-order valence-corrected chi connectivity index (χ2v) is 3.73. The van der Waals surface area contributed by atoms with E-state index in [9.17, 15) is 9.90 Å². The van der Waals surface area contributed by atoms with Crippen LogP contribution in [0, 0.1) is 0 Å². The van der Waals surface area contributed by atoms with E-state index in [1.807, 2.05) is 0 Å². The number of rotatable bonds is 3. The number of phenols is 1. The summed E-state index contributed by atoms with van der Waals surface area (Å²) in [7, 11) is 1.70. The molecule has 0 atom stereocenters. The number of nitrogens with zero attached hydrogens (tertiary/aromatic N) is 1. The summed E-state index contributed by atoms with van der Waals surface area (Å²) in [4.78, 5) is 13.3. The van der Waals surface area contributed by atoms with E-state index in [1.54, 1.807) is 30.1 Å². The molecule has 3 nitrogen and oxygen atoms in total. The van der Waals surface area contributed by atoms with Crippen LogP contribution in [0.3, 0.4) is 0 Å². The van der Waals surface area contributed by atoms with Crippen LogP contribution in [-0.2, 0) is 0 Å². The molecule has 0 fully saturated rings. The van der Waals surface area contributed by atoms with Crippen LogP contribution >= 0.6 is 15.9 Å². The van der Waals surface area contributed by atoms with E-state index in [4.69, 9.17) is 0 Å². The highest BCUT2D eigenvalue weighted by atomic mass is 79.9. The third-order valence-electron chi connectivity index (χ3n) is 1.90. The highest BCUT2D eigenvalue weighted by Gasteiger charge is 2.13. The first kappa shape index (κ1) is 11.0. The molecule has 0 radical (unpaired) electrons. The molecule has 0 unspecified atom stereocenters. The third-order valence-corrected chi connectivity index (χ3v) is 2.26. The number of para-hydroxylation sites is 1. The zero-order valence-corrected chi connectivity index (χ0v) is 9.49. The fourth-order valence-corrected chi connectivity index (χ4v) is 1.62. The fourth-order valence-electron chi connectivity index (χ4n) is 1.09. The molecule has 0 saturated heterocycles. The van der Waals surface area contributed by atoms with Crippen molar-refractivity contribution in [1.82, 2.24) is 4.90 Å². The Balaban J connectivity index is 2.84. The van der Waals surface area contributed by atoms with Gasteiger partial charge >= 0.3 is 0 Å². The number of benzene rings is 1. The Kier molecular flexibility index (Phi) is 3.95. The first-order chi connectivity index (χ1) is 6.66. The van der Waals surface area contributed by atoms with Crippen molar-refractivity contribution in [2.24, 2.45) is 0 Å². The average Bonchev–Trinajstić information content (AvgIpc) is 2.18. The summed E-state index contributed by atoms with van der Waals surface area (Å²) in [5.41, 5.74) is 0.343. The minimum atomic E-state index is -0.164. The van der Waals surface area contributed by atoms with Crippen molar-refractivity contribution in [2.45, 2.75) is 0 Å². The lowest BCUT2D eigenvalue weighted by molar-refractivity contribution is 0.0801. The van der Waals surface area contributed by atoms with Gasteiger partial charge in [0.25, 0.3) is 5.91 Å². The van der Waals surface area contributed by atoms with Crippen LogP contribution in [-0.4, -0.2) is 34.8 Å². The molecule has 0 heterocycles. The number of halogens is 1. The largest absolute Gasteiger partial charge is 0.507 e. The van der Waals surface area contributed by atoms with Gasteiger partial charge in [-0.15, -0.1) is 0 Å². The number of phenolic OH excluding ortho intramolecular Hbond substituents is 1. The van der Waals surface area contributed by atoms with Crippen molar-refractivity contribution in [2.75, 3.05) is 18.9 Å². The van der Waals surface area contributed by atoms with E-state index in [0.29, 0.717) is 12.1 Å². The van der Waals surface area contributed by atoms with Crippen LogP contribution in [0.4, 0.5) is 0 Å². The van der Waals surface area contributed by atoms with Crippen LogP contribution in [0.25, 0.3) is 0 Å². The zero-order chi connectivity index (χ0) is 10.6. The summed E-state index contributed by atoms with van der Waals surface area (Å²) < 4.78 is 0. The van der Waals surface area contributed by atoms with Crippen LogP contribution in [0.5, 0.6) is 5.75 Å². The standard InChI is InChI=1S/C10H12BrNO2/c1-12(7-6-11)10(14)8-4-2-3-5-9(8)13/h2-5,13H,6-7H2,1H3. The SMILES string of the molecule is CN(CCBr)C(=O)c1ccccc1O. The third kappa shape index (κ3) is 2.48. The predicted molar refractivity (Wildman–Crippen MR) is 58.9 cm³/mol. The molecule has 14 heavy (non-hydrogen) atoms. The second kappa shape index (κ2) is 5.00. The first-order valence-electron chi connectivity index (χ1n) is 4.26. The molecular weight excluding hydrogens is 246 g/mol. The average molecular weight is 258 g/mol. The Morgan fingerprint density at radius 1 is 1.50 bits per heavy atom. The molecule has 1 rings (SSSR count). The zero-order valence-electron chi connectivity index (χ0n) is 7.90. The van der Waals surface area contributed by atoms with Crippen molar-refractivity contribution in [3.8, 4) is 5.75 Å². The van der Waals surface area contributed by atoms with Gasteiger partial charge in [0, 0.05) is 18.9 Å². The summed E-state index contributed by atoms with van der Waals surface area (Å²) in [6, 6.07) is 6.54. The topological polar surface area (TPSA) is 40.5 Å². The van der Waals surface area contributed by atoms with Crippen molar-refractivity contribution in [1.29, 1.82) is 0 Å². The molecule has 0 aromatic heterocycles. The molecule has 76 valence electrons. The van der Waals surface area contributed by atoms with Crippen molar-refractivity contribution in [3.05, 3.63) is 29.8 Å². The summed E-state index contributed by atoms with van der Waals surface area (Å²) in [6.45, 7) is 0.618. The number of carbonyl (C=O) groups excluding carboxylic acids is 1. The van der Waals surface area contributed by atoms with E-state index in [2.05, 4.69) is 15.9 Å². The van der Waals surface area contributed by atoms with Crippen LogP contribution in [0.15, 0.2) is 24.3 Å². The fraction of sp³-hybridized carbons (Fsp3) is 0.300. The molecule has 1 N–H and O–H groups in total. The lowest BCUT2D eigenvalue weighted by Gasteiger charge is -2.15. The Labute approximate surface area is 91.5 Å². The Bertz CT molecular complexity index is 328. The van der Waals surface area contributed by atoms with E-state index in [0.717, 1.165) is 5.33 Å². The van der Waals surface area contributed by atoms with Gasteiger partial charge in [-0.3, -0.25) is 4.79 Å². The number of amides is 1. The molecule has 0 bridgehead atoms. The molecule has 0 aliphatic heterocycles. The summed E-state index contributed by atoms with van der Waals surface area (Å²) in [5, 5.41) is 10.2. The van der Waals surface area contributed by atoms with E-state index in [1.165, 1.54) is 6.07 Å². The van der Waals surface area contributed by atoms with E-state index in [-0.39, 0.29) is 11.7 Å². The first-order valence-corrected chi connectivity index (χ1v) is 5.38. The predicted octanol–water partition coefficient (Wildman–Crippen LogP) is 1.86. The lowest BCUT2D eigenvalue weighted by atomic mass is 10.2. The Hall–Kier alpha value is -1.03. The van der Waals surface area contributed by atoms with Crippen LogP contribution < -0.4 is 0 Å². The van der Waals surface area contributed by atoms with Gasteiger partial charge in [0.1, 0.15) is 5.75 Å². The lowest BCUT2D eigenvalue weighted by Crippen LogP contribution is -2.28. The Morgan fingerprint density at radius 3 is 2.71 bits per heavy atom. The number of alkyl halides is 1. The molecule has 1 aromatic carbocycles. The maximum absolute atomic E-state index is 11.7. The quantitative estimate of drug-likeness (QED) is 0.840. The van der Waals surface area contributed by atoms with Crippen molar-refractivity contribution < 1.29 is 9.90 Å². The number of aromatic hydroxyl groups is 1. The Morgan fingerprint density at radius 2 is 2.14 bits per heavy atom. The van der Waals surface area contributed by atoms with Crippen LogP contribution in [0.2, 0.25) is 0 Å². The summed E-state index contributed by atoms with van der Waals surface area (Å²) in [5.74, 6) is -0.138. The van der Waals surface area contributed by atoms with Crippen LogP contribution in [0.1, 0.15) is 10.4 Å². The van der Waals surface area contributed by atoms with Gasteiger partial charge in [-0.25, -0.2) is 0 Å². The van der Waals surface area contributed by atoms with E-state index >= 15 is 0 Å². The minimum absolute atomic E-state index is 0.0268. The maximum atomic E-state index is 11.7. The molecule has 0 saturated carbocycles. The van der Waals surface area contributed by atoms with Crippen molar-refractivity contribution in [3.63, 3.8) is 0 Å².